The number of carbonyl (C=O) groups is 2. The van der Waals surface area contributed by atoms with Crippen molar-refractivity contribution < 1.29 is 9.59 Å². The van der Waals surface area contributed by atoms with Crippen molar-refractivity contribution in [1.29, 1.82) is 0 Å². The van der Waals surface area contributed by atoms with Crippen LogP contribution >= 0.6 is 11.6 Å². The van der Waals surface area contributed by atoms with Crippen molar-refractivity contribution in [3.05, 3.63) is 52.7 Å². The number of benzene rings is 1. The second-order valence-electron chi connectivity index (χ2n) is 4.59. The van der Waals surface area contributed by atoms with Crippen LogP contribution in [0.5, 0.6) is 0 Å². The number of halogens is 1. The standard InChI is InChI=1S/C15H14ClN3O2/c1-9-3-6-13(17-8-9)19-15(21)14(20)18-12-7-11(16)5-4-10(12)2/h3-8H,1-2H3,(H,18,20)(H,17,19,21). The summed E-state index contributed by atoms with van der Waals surface area (Å²) in [5.41, 5.74) is 2.28. The van der Waals surface area contributed by atoms with Crippen LogP contribution in [0.3, 0.4) is 0 Å². The Morgan fingerprint density at radius 2 is 1.76 bits per heavy atom. The molecule has 2 rings (SSSR count). The highest BCUT2D eigenvalue weighted by Crippen LogP contribution is 2.20. The molecule has 1 aromatic carbocycles. The number of anilines is 2. The summed E-state index contributed by atoms with van der Waals surface area (Å²) in [4.78, 5) is 27.7. The quantitative estimate of drug-likeness (QED) is 0.838. The van der Waals surface area contributed by atoms with E-state index in [0.29, 0.717) is 16.5 Å². The molecule has 1 aromatic heterocycles. The molecule has 0 spiro atoms. The van der Waals surface area contributed by atoms with Crippen molar-refractivity contribution in [2.24, 2.45) is 0 Å². The van der Waals surface area contributed by atoms with Gasteiger partial charge in [-0.1, -0.05) is 23.7 Å². The zero-order chi connectivity index (χ0) is 15.4. The second-order valence-corrected chi connectivity index (χ2v) is 5.02. The maximum atomic E-state index is 11.9. The number of hydrogen-bond donors (Lipinski definition) is 2. The van der Waals surface area contributed by atoms with E-state index in [-0.39, 0.29) is 0 Å². The van der Waals surface area contributed by atoms with Crippen LogP contribution in [0.25, 0.3) is 0 Å². The zero-order valence-corrected chi connectivity index (χ0v) is 12.4. The Kier molecular flexibility index (Phi) is 4.55. The number of aryl methyl sites for hydroxylation is 2. The Labute approximate surface area is 127 Å². The van der Waals surface area contributed by atoms with Crippen LogP contribution in [-0.2, 0) is 9.59 Å². The van der Waals surface area contributed by atoms with Gasteiger partial charge in [0.1, 0.15) is 5.82 Å². The predicted molar refractivity (Wildman–Crippen MR) is 82.4 cm³/mol. The first-order chi connectivity index (χ1) is 9.95. The van der Waals surface area contributed by atoms with Crippen molar-refractivity contribution in [3.8, 4) is 0 Å². The second kappa shape index (κ2) is 6.37. The number of pyridine rings is 1. The summed E-state index contributed by atoms with van der Waals surface area (Å²) in [6, 6.07) is 8.49. The maximum Gasteiger partial charge on any atom is 0.315 e. The van der Waals surface area contributed by atoms with E-state index < -0.39 is 11.8 Å². The number of aromatic nitrogens is 1. The average molecular weight is 304 g/mol. The van der Waals surface area contributed by atoms with Gasteiger partial charge in [-0.2, -0.15) is 0 Å². The molecule has 0 fully saturated rings. The van der Waals surface area contributed by atoms with Crippen molar-refractivity contribution in [3.63, 3.8) is 0 Å². The Morgan fingerprint density at radius 3 is 2.43 bits per heavy atom. The molecule has 108 valence electrons. The number of rotatable bonds is 2. The number of hydrogen-bond acceptors (Lipinski definition) is 3. The highest BCUT2D eigenvalue weighted by molar-refractivity contribution is 6.43. The van der Waals surface area contributed by atoms with E-state index in [1.807, 2.05) is 13.8 Å². The van der Waals surface area contributed by atoms with E-state index in [0.717, 1.165) is 11.1 Å². The fraction of sp³-hybridized carbons (Fsp3) is 0.133. The molecule has 2 aromatic rings. The molecule has 0 aliphatic rings. The first-order valence-corrected chi connectivity index (χ1v) is 6.64. The largest absolute Gasteiger partial charge is 0.317 e. The summed E-state index contributed by atoms with van der Waals surface area (Å²) in [5.74, 6) is -1.24. The van der Waals surface area contributed by atoms with Gasteiger partial charge >= 0.3 is 11.8 Å². The third-order valence-corrected chi connectivity index (χ3v) is 3.04. The average Bonchev–Trinajstić information content (AvgIpc) is 2.45. The lowest BCUT2D eigenvalue weighted by Crippen LogP contribution is -2.29. The normalized spacial score (nSPS) is 10.0. The molecule has 0 unspecified atom stereocenters. The fourth-order valence-electron chi connectivity index (χ4n) is 1.62. The van der Waals surface area contributed by atoms with E-state index in [4.69, 9.17) is 11.6 Å². The third kappa shape index (κ3) is 4.03. The summed E-state index contributed by atoms with van der Waals surface area (Å²) in [5, 5.41) is 5.43. The van der Waals surface area contributed by atoms with E-state index in [1.54, 1.807) is 36.5 Å². The third-order valence-electron chi connectivity index (χ3n) is 2.81. The lowest BCUT2D eigenvalue weighted by atomic mass is 10.2. The number of nitrogens with one attached hydrogen (secondary N) is 2. The maximum absolute atomic E-state index is 11.9. The molecule has 0 aliphatic carbocycles. The van der Waals surface area contributed by atoms with Crippen LogP contribution in [0.15, 0.2) is 36.5 Å². The molecule has 0 saturated carbocycles. The van der Waals surface area contributed by atoms with E-state index in [1.165, 1.54) is 0 Å². The molecule has 0 bridgehead atoms. The lowest BCUT2D eigenvalue weighted by molar-refractivity contribution is -0.133. The van der Waals surface area contributed by atoms with Gasteiger partial charge in [0.15, 0.2) is 0 Å². The molecule has 1 heterocycles. The van der Waals surface area contributed by atoms with Gasteiger partial charge in [0.05, 0.1) is 0 Å². The number of nitrogens with zero attached hydrogens (tertiary/aromatic N) is 1. The van der Waals surface area contributed by atoms with Crippen LogP contribution in [0.1, 0.15) is 11.1 Å². The molecular formula is C15H14ClN3O2. The molecule has 0 aliphatic heterocycles. The van der Waals surface area contributed by atoms with Crippen molar-refractivity contribution in [2.45, 2.75) is 13.8 Å². The molecule has 2 amide bonds. The fourth-order valence-corrected chi connectivity index (χ4v) is 1.79. The Hall–Kier alpha value is -2.40. The van der Waals surface area contributed by atoms with E-state index >= 15 is 0 Å². The summed E-state index contributed by atoms with van der Waals surface area (Å²) < 4.78 is 0. The molecule has 5 nitrogen and oxygen atoms in total. The van der Waals surface area contributed by atoms with Crippen molar-refractivity contribution in [2.75, 3.05) is 10.6 Å². The SMILES string of the molecule is Cc1ccc(NC(=O)C(=O)Nc2cc(Cl)ccc2C)nc1. The Bertz CT molecular complexity index is 684. The first kappa shape index (κ1) is 15.0. The van der Waals surface area contributed by atoms with Crippen LogP contribution in [0, 0.1) is 13.8 Å². The van der Waals surface area contributed by atoms with E-state index in [9.17, 15) is 9.59 Å². The van der Waals surface area contributed by atoms with Gasteiger partial charge in [-0.25, -0.2) is 4.98 Å². The Morgan fingerprint density at radius 1 is 1.05 bits per heavy atom. The van der Waals surface area contributed by atoms with E-state index in [2.05, 4.69) is 15.6 Å². The van der Waals surface area contributed by atoms with Gasteiger partial charge in [-0.05, 0) is 43.2 Å². The van der Waals surface area contributed by atoms with Gasteiger partial charge in [0.25, 0.3) is 0 Å². The first-order valence-electron chi connectivity index (χ1n) is 6.27. The van der Waals surface area contributed by atoms with Gasteiger partial charge < -0.3 is 10.6 Å². The molecule has 2 N–H and O–H groups in total. The van der Waals surface area contributed by atoms with Crippen LogP contribution in [-0.4, -0.2) is 16.8 Å². The molecule has 0 saturated heterocycles. The minimum Gasteiger partial charge on any atom is -0.317 e. The topological polar surface area (TPSA) is 71.1 Å². The van der Waals surface area contributed by atoms with Crippen LogP contribution in [0.4, 0.5) is 11.5 Å². The Balaban J connectivity index is 2.04. The highest BCUT2D eigenvalue weighted by Gasteiger charge is 2.15. The highest BCUT2D eigenvalue weighted by atomic mass is 35.5. The van der Waals surface area contributed by atoms with Crippen LogP contribution < -0.4 is 10.6 Å². The summed E-state index contributed by atoms with van der Waals surface area (Å²) in [7, 11) is 0. The summed E-state index contributed by atoms with van der Waals surface area (Å²) in [6.45, 7) is 3.69. The predicted octanol–water partition coefficient (Wildman–Crippen LogP) is 2.93. The van der Waals surface area contributed by atoms with Gasteiger partial charge in [0, 0.05) is 16.9 Å². The summed E-state index contributed by atoms with van der Waals surface area (Å²) >= 11 is 5.86. The smallest absolute Gasteiger partial charge is 0.315 e. The monoisotopic (exact) mass is 303 g/mol. The number of amides is 2. The minimum atomic E-state index is -0.786. The minimum absolute atomic E-state index is 0.323. The molecular weight excluding hydrogens is 290 g/mol. The zero-order valence-electron chi connectivity index (χ0n) is 11.6. The van der Waals surface area contributed by atoms with Gasteiger partial charge in [-0.15, -0.1) is 0 Å². The van der Waals surface area contributed by atoms with Crippen molar-refractivity contribution in [1.82, 2.24) is 4.98 Å². The summed E-state index contributed by atoms with van der Waals surface area (Å²) in [6.07, 6.45) is 1.61. The van der Waals surface area contributed by atoms with Crippen molar-refractivity contribution >= 4 is 34.9 Å². The molecule has 0 atom stereocenters. The lowest BCUT2D eigenvalue weighted by Gasteiger charge is -2.09. The van der Waals surface area contributed by atoms with Crippen LogP contribution in [0.2, 0.25) is 5.02 Å². The van der Waals surface area contributed by atoms with Gasteiger partial charge in [0.2, 0.25) is 0 Å². The molecule has 21 heavy (non-hydrogen) atoms. The number of carbonyl (C=O) groups excluding carboxylic acids is 2. The molecule has 6 heteroatoms. The molecule has 0 radical (unpaired) electrons. The van der Waals surface area contributed by atoms with Gasteiger partial charge in [-0.3, -0.25) is 9.59 Å².